The van der Waals surface area contributed by atoms with Crippen LogP contribution < -0.4 is 11.1 Å². The number of aliphatic carboxylic acids is 1. The monoisotopic (exact) mass is 268 g/mol. The van der Waals surface area contributed by atoms with Crippen molar-refractivity contribution >= 4 is 11.9 Å². The smallest absolute Gasteiger partial charge is 0.326 e. The van der Waals surface area contributed by atoms with Crippen LogP contribution in [0.25, 0.3) is 0 Å². The first-order chi connectivity index (χ1) is 8.78. The molecular weight excluding hydrogens is 248 g/mol. The molecule has 0 aliphatic heterocycles. The Kier molecular flexibility index (Phi) is 5.05. The first kappa shape index (κ1) is 15.2. The van der Waals surface area contributed by atoms with Crippen molar-refractivity contribution < 1.29 is 14.7 Å². The quantitative estimate of drug-likeness (QED) is 0.556. The predicted molar refractivity (Wildman–Crippen MR) is 69.4 cm³/mol. The maximum Gasteiger partial charge on any atom is 0.326 e. The van der Waals surface area contributed by atoms with Gasteiger partial charge in [-0.1, -0.05) is 0 Å². The van der Waals surface area contributed by atoms with Crippen molar-refractivity contribution in [2.24, 2.45) is 5.73 Å². The number of nitrogens with two attached hydrogens (primary N) is 1. The molecule has 0 radical (unpaired) electrons. The van der Waals surface area contributed by atoms with Crippen molar-refractivity contribution in [3.8, 4) is 0 Å². The number of imidazole rings is 1. The molecule has 0 aliphatic carbocycles. The number of nitrogens with zero attached hydrogens (tertiary/aromatic N) is 1. The average Bonchev–Trinajstić information content (AvgIpc) is 2.77. The van der Waals surface area contributed by atoms with Crippen molar-refractivity contribution in [2.75, 3.05) is 0 Å². The number of rotatable bonds is 7. The minimum Gasteiger partial charge on any atom is -0.480 e. The molecule has 7 nitrogen and oxygen atoms in total. The predicted octanol–water partition coefficient (Wildman–Crippen LogP) is 0.0391. The lowest BCUT2D eigenvalue weighted by molar-refractivity contribution is -0.141. The lowest BCUT2D eigenvalue weighted by Gasteiger charge is -2.19. The highest BCUT2D eigenvalue weighted by Crippen LogP contribution is 2.07. The second-order valence-corrected chi connectivity index (χ2v) is 5.23. The molecule has 1 rings (SSSR count). The minimum atomic E-state index is -1.07. The molecule has 1 heterocycles. The Balaban J connectivity index is 2.49. The zero-order valence-corrected chi connectivity index (χ0v) is 11.1. The summed E-state index contributed by atoms with van der Waals surface area (Å²) in [5, 5.41) is 11.6. The topological polar surface area (TPSA) is 121 Å². The SMILES string of the molecule is CC(C)(N)CCC(=O)N[C@@H](Cc1cnc[nH]1)C(=O)O. The lowest BCUT2D eigenvalue weighted by Crippen LogP contribution is -2.43. The third-order valence-electron chi connectivity index (χ3n) is 2.61. The number of carboxylic acids is 1. The van der Waals surface area contributed by atoms with Gasteiger partial charge in [0, 0.05) is 30.3 Å². The highest BCUT2D eigenvalue weighted by molar-refractivity contribution is 5.83. The van der Waals surface area contributed by atoms with Gasteiger partial charge in [0.25, 0.3) is 0 Å². The molecule has 1 aromatic heterocycles. The fraction of sp³-hybridized carbons (Fsp3) is 0.583. The summed E-state index contributed by atoms with van der Waals surface area (Å²) in [7, 11) is 0. The van der Waals surface area contributed by atoms with Crippen LogP contribution in [-0.2, 0) is 16.0 Å². The molecule has 106 valence electrons. The van der Waals surface area contributed by atoms with E-state index in [1.807, 2.05) is 13.8 Å². The summed E-state index contributed by atoms with van der Waals surface area (Å²) in [5.74, 6) is -1.39. The van der Waals surface area contributed by atoms with Crippen molar-refractivity contribution in [2.45, 2.75) is 44.7 Å². The summed E-state index contributed by atoms with van der Waals surface area (Å²) in [6.07, 6.45) is 3.87. The van der Waals surface area contributed by atoms with Crippen molar-refractivity contribution in [1.82, 2.24) is 15.3 Å². The molecule has 1 atom stereocenters. The lowest BCUT2D eigenvalue weighted by atomic mass is 10.00. The first-order valence-corrected chi connectivity index (χ1v) is 6.06. The van der Waals surface area contributed by atoms with Crippen LogP contribution in [0.5, 0.6) is 0 Å². The van der Waals surface area contributed by atoms with E-state index in [1.165, 1.54) is 12.5 Å². The van der Waals surface area contributed by atoms with E-state index in [4.69, 9.17) is 10.8 Å². The first-order valence-electron chi connectivity index (χ1n) is 6.06. The number of carboxylic acid groups (broad SMARTS) is 1. The van der Waals surface area contributed by atoms with Crippen LogP contribution >= 0.6 is 0 Å². The van der Waals surface area contributed by atoms with Gasteiger partial charge >= 0.3 is 5.97 Å². The molecule has 0 unspecified atom stereocenters. The maximum absolute atomic E-state index is 11.7. The van der Waals surface area contributed by atoms with Crippen LogP contribution in [0.2, 0.25) is 0 Å². The van der Waals surface area contributed by atoms with Crippen LogP contribution in [0, 0.1) is 0 Å². The Bertz CT molecular complexity index is 423. The zero-order valence-electron chi connectivity index (χ0n) is 11.1. The largest absolute Gasteiger partial charge is 0.480 e. The summed E-state index contributed by atoms with van der Waals surface area (Å²) in [6.45, 7) is 3.64. The number of aromatic amines is 1. The van der Waals surface area contributed by atoms with E-state index in [1.54, 1.807) is 0 Å². The molecular formula is C12H20N4O3. The van der Waals surface area contributed by atoms with Gasteiger partial charge in [-0.3, -0.25) is 4.79 Å². The average molecular weight is 268 g/mol. The number of aromatic nitrogens is 2. The third-order valence-corrected chi connectivity index (χ3v) is 2.61. The summed E-state index contributed by atoms with van der Waals surface area (Å²) in [6, 6.07) is -0.964. The molecule has 0 saturated heterocycles. The number of H-pyrrole nitrogens is 1. The zero-order chi connectivity index (χ0) is 14.5. The second kappa shape index (κ2) is 6.33. The van der Waals surface area contributed by atoms with Crippen molar-refractivity contribution in [3.63, 3.8) is 0 Å². The van der Waals surface area contributed by atoms with E-state index in [-0.39, 0.29) is 18.7 Å². The van der Waals surface area contributed by atoms with E-state index >= 15 is 0 Å². The molecule has 0 aliphatic rings. The number of carbonyl (C=O) groups is 2. The number of nitrogens with one attached hydrogen (secondary N) is 2. The van der Waals surface area contributed by atoms with Gasteiger partial charge in [-0.15, -0.1) is 0 Å². The molecule has 1 aromatic rings. The Hall–Kier alpha value is -1.89. The highest BCUT2D eigenvalue weighted by Gasteiger charge is 2.22. The van der Waals surface area contributed by atoms with E-state index in [0.29, 0.717) is 12.1 Å². The van der Waals surface area contributed by atoms with Crippen LogP contribution in [0.1, 0.15) is 32.4 Å². The molecule has 19 heavy (non-hydrogen) atoms. The Morgan fingerprint density at radius 3 is 2.74 bits per heavy atom. The molecule has 5 N–H and O–H groups in total. The summed E-state index contributed by atoms with van der Waals surface area (Å²) in [4.78, 5) is 29.4. The molecule has 0 aromatic carbocycles. The van der Waals surface area contributed by atoms with Gasteiger partial charge in [0.15, 0.2) is 0 Å². The summed E-state index contributed by atoms with van der Waals surface area (Å²) >= 11 is 0. The summed E-state index contributed by atoms with van der Waals surface area (Å²) in [5.41, 5.74) is 5.99. The van der Waals surface area contributed by atoms with E-state index in [9.17, 15) is 9.59 Å². The standard InChI is InChI=1S/C12H20N4O3/c1-12(2,13)4-3-10(17)16-9(11(18)19)5-8-6-14-7-15-8/h6-7,9H,3-5,13H2,1-2H3,(H,14,15)(H,16,17)(H,18,19)/t9-/m0/s1. The van der Waals surface area contributed by atoms with Gasteiger partial charge in [-0.2, -0.15) is 0 Å². The van der Waals surface area contributed by atoms with Gasteiger partial charge in [0.2, 0.25) is 5.91 Å². The number of hydrogen-bond acceptors (Lipinski definition) is 4. The van der Waals surface area contributed by atoms with E-state index in [2.05, 4.69) is 15.3 Å². The highest BCUT2D eigenvalue weighted by atomic mass is 16.4. The molecule has 0 bridgehead atoms. The van der Waals surface area contributed by atoms with Gasteiger partial charge in [-0.05, 0) is 20.3 Å². The molecule has 7 heteroatoms. The number of amides is 1. The van der Waals surface area contributed by atoms with Gasteiger partial charge < -0.3 is 21.1 Å². The fourth-order valence-electron chi connectivity index (χ4n) is 1.52. The van der Waals surface area contributed by atoms with Crippen LogP contribution in [0.3, 0.4) is 0 Å². The van der Waals surface area contributed by atoms with Gasteiger partial charge in [0.05, 0.1) is 6.33 Å². The Morgan fingerprint density at radius 2 is 2.26 bits per heavy atom. The molecule has 0 spiro atoms. The number of hydrogen-bond donors (Lipinski definition) is 4. The Morgan fingerprint density at radius 1 is 1.58 bits per heavy atom. The van der Waals surface area contributed by atoms with Crippen molar-refractivity contribution in [1.29, 1.82) is 0 Å². The minimum absolute atomic E-state index is 0.174. The molecule has 0 saturated carbocycles. The molecule has 1 amide bonds. The maximum atomic E-state index is 11.7. The Labute approximate surface area is 111 Å². The van der Waals surface area contributed by atoms with Crippen LogP contribution in [0.4, 0.5) is 0 Å². The number of carbonyl (C=O) groups excluding carboxylic acids is 1. The summed E-state index contributed by atoms with van der Waals surface area (Å²) < 4.78 is 0. The fourth-order valence-corrected chi connectivity index (χ4v) is 1.52. The van der Waals surface area contributed by atoms with Crippen molar-refractivity contribution in [3.05, 3.63) is 18.2 Å². The van der Waals surface area contributed by atoms with Crippen LogP contribution in [-0.4, -0.2) is 38.5 Å². The van der Waals surface area contributed by atoms with Crippen LogP contribution in [0.15, 0.2) is 12.5 Å². The molecule has 0 fully saturated rings. The van der Waals surface area contributed by atoms with Gasteiger partial charge in [0.1, 0.15) is 6.04 Å². The van der Waals surface area contributed by atoms with Gasteiger partial charge in [-0.25, -0.2) is 9.78 Å². The second-order valence-electron chi connectivity index (χ2n) is 5.23. The third kappa shape index (κ3) is 6.01. The van der Waals surface area contributed by atoms with E-state index < -0.39 is 17.6 Å². The van der Waals surface area contributed by atoms with E-state index in [0.717, 1.165) is 0 Å². The normalized spacial score (nSPS) is 13.0.